The summed E-state index contributed by atoms with van der Waals surface area (Å²) < 4.78 is 11.0. The van der Waals surface area contributed by atoms with Crippen molar-refractivity contribution in [2.24, 2.45) is 5.41 Å². The van der Waals surface area contributed by atoms with E-state index in [1.54, 1.807) is 25.2 Å². The van der Waals surface area contributed by atoms with Crippen molar-refractivity contribution in [3.63, 3.8) is 0 Å². The SMILES string of the molecule is CCN(CC)c1ccc(C2CC(=O)N(c3ccc(OC)cc3OC)C3=C2C(=O)CC(C)(C)C3)cc1. The van der Waals surface area contributed by atoms with Crippen LogP contribution >= 0.6 is 0 Å². The van der Waals surface area contributed by atoms with Crippen molar-refractivity contribution in [2.75, 3.05) is 37.1 Å². The van der Waals surface area contributed by atoms with Gasteiger partial charge in [-0.05, 0) is 55.5 Å². The molecule has 0 saturated carbocycles. The van der Waals surface area contributed by atoms with Crippen LogP contribution in [0.5, 0.6) is 11.5 Å². The molecule has 6 heteroatoms. The molecular formula is C29H36N2O4. The Labute approximate surface area is 208 Å². The van der Waals surface area contributed by atoms with Crippen LogP contribution in [0.2, 0.25) is 0 Å². The minimum Gasteiger partial charge on any atom is -0.497 e. The first-order valence-electron chi connectivity index (χ1n) is 12.4. The highest BCUT2D eigenvalue weighted by Crippen LogP contribution is 2.49. The number of anilines is 2. The molecule has 1 aliphatic heterocycles. The molecule has 1 aliphatic carbocycles. The van der Waals surface area contributed by atoms with Crippen LogP contribution < -0.4 is 19.3 Å². The maximum atomic E-state index is 13.7. The summed E-state index contributed by atoms with van der Waals surface area (Å²) in [7, 11) is 3.18. The van der Waals surface area contributed by atoms with Gasteiger partial charge in [0.25, 0.3) is 0 Å². The van der Waals surface area contributed by atoms with Crippen LogP contribution in [-0.2, 0) is 9.59 Å². The largest absolute Gasteiger partial charge is 0.497 e. The topological polar surface area (TPSA) is 59.1 Å². The third-order valence-corrected chi connectivity index (χ3v) is 7.19. The normalized spacial score (nSPS) is 19.5. The van der Waals surface area contributed by atoms with E-state index in [2.05, 4.69) is 56.9 Å². The zero-order valence-electron chi connectivity index (χ0n) is 21.7. The van der Waals surface area contributed by atoms with Crippen molar-refractivity contribution in [3.8, 4) is 11.5 Å². The number of allylic oxidation sites excluding steroid dienone is 2. The molecule has 1 amide bonds. The predicted molar refractivity (Wildman–Crippen MR) is 139 cm³/mol. The van der Waals surface area contributed by atoms with Crippen LogP contribution in [0.15, 0.2) is 53.7 Å². The summed E-state index contributed by atoms with van der Waals surface area (Å²) in [6.45, 7) is 10.3. The molecule has 0 bridgehead atoms. The van der Waals surface area contributed by atoms with E-state index in [1.165, 1.54) is 0 Å². The lowest BCUT2D eigenvalue weighted by Gasteiger charge is -2.43. The summed E-state index contributed by atoms with van der Waals surface area (Å²) in [5, 5.41) is 0. The summed E-state index contributed by atoms with van der Waals surface area (Å²) in [5.74, 6) is 1.04. The first kappa shape index (κ1) is 24.8. The summed E-state index contributed by atoms with van der Waals surface area (Å²) in [5.41, 5.74) is 4.13. The molecule has 1 unspecified atom stereocenters. The lowest BCUT2D eigenvalue weighted by molar-refractivity contribution is -0.121. The number of amides is 1. The van der Waals surface area contributed by atoms with Crippen LogP contribution in [0, 0.1) is 5.41 Å². The van der Waals surface area contributed by atoms with Crippen LogP contribution in [0.4, 0.5) is 11.4 Å². The number of hydrogen-bond acceptors (Lipinski definition) is 5. The Morgan fingerprint density at radius 1 is 0.971 bits per heavy atom. The second kappa shape index (κ2) is 9.76. The third kappa shape index (κ3) is 4.66. The van der Waals surface area contributed by atoms with E-state index in [4.69, 9.17) is 9.47 Å². The number of ether oxygens (including phenoxy) is 2. The molecule has 1 atom stereocenters. The van der Waals surface area contributed by atoms with E-state index in [0.717, 1.165) is 35.6 Å². The first-order valence-corrected chi connectivity index (χ1v) is 12.4. The molecule has 35 heavy (non-hydrogen) atoms. The van der Waals surface area contributed by atoms with Crippen molar-refractivity contribution in [3.05, 3.63) is 59.3 Å². The number of carbonyl (C=O) groups is 2. The second-order valence-corrected chi connectivity index (χ2v) is 10.1. The number of methoxy groups -OCH3 is 2. The number of ketones is 1. The lowest BCUT2D eigenvalue weighted by atomic mass is 9.69. The number of benzene rings is 2. The fraction of sp³-hybridized carbons (Fsp3) is 0.448. The molecule has 0 spiro atoms. The number of Topliss-reactive ketones (excluding diaryl/α,β-unsaturated/α-hetero) is 1. The molecule has 0 N–H and O–H groups in total. The molecule has 1 heterocycles. The molecule has 6 nitrogen and oxygen atoms in total. The highest BCUT2D eigenvalue weighted by atomic mass is 16.5. The van der Waals surface area contributed by atoms with Gasteiger partial charge in [-0.15, -0.1) is 0 Å². The zero-order chi connectivity index (χ0) is 25.3. The van der Waals surface area contributed by atoms with E-state index in [0.29, 0.717) is 30.0 Å². The monoisotopic (exact) mass is 476 g/mol. The Balaban J connectivity index is 1.83. The average Bonchev–Trinajstić information content (AvgIpc) is 2.83. The van der Waals surface area contributed by atoms with Gasteiger partial charge in [0, 0.05) is 54.9 Å². The summed E-state index contributed by atoms with van der Waals surface area (Å²) >= 11 is 0. The Morgan fingerprint density at radius 3 is 2.26 bits per heavy atom. The number of hydrogen-bond donors (Lipinski definition) is 0. The van der Waals surface area contributed by atoms with Crippen molar-refractivity contribution in [1.29, 1.82) is 0 Å². The molecule has 0 aromatic heterocycles. The summed E-state index contributed by atoms with van der Waals surface area (Å²) in [6, 6.07) is 13.8. The highest BCUT2D eigenvalue weighted by molar-refractivity contribution is 6.08. The smallest absolute Gasteiger partial charge is 0.232 e. The van der Waals surface area contributed by atoms with Gasteiger partial charge in [-0.2, -0.15) is 0 Å². The van der Waals surface area contributed by atoms with Gasteiger partial charge in [-0.3, -0.25) is 14.5 Å². The van der Waals surface area contributed by atoms with Crippen molar-refractivity contribution < 1.29 is 19.1 Å². The van der Waals surface area contributed by atoms with Gasteiger partial charge in [0.2, 0.25) is 5.91 Å². The van der Waals surface area contributed by atoms with Gasteiger partial charge < -0.3 is 14.4 Å². The minimum atomic E-state index is -0.243. The Morgan fingerprint density at radius 2 is 1.66 bits per heavy atom. The minimum absolute atomic E-state index is 0.0319. The van der Waals surface area contributed by atoms with Crippen LogP contribution in [-0.4, -0.2) is 39.0 Å². The fourth-order valence-electron chi connectivity index (χ4n) is 5.46. The predicted octanol–water partition coefficient (Wildman–Crippen LogP) is 5.71. The van der Waals surface area contributed by atoms with Crippen LogP contribution in [0.1, 0.15) is 58.4 Å². The van der Waals surface area contributed by atoms with Crippen LogP contribution in [0.25, 0.3) is 0 Å². The number of nitrogens with zero attached hydrogens (tertiary/aromatic N) is 2. The molecule has 4 rings (SSSR count). The Bertz CT molecular complexity index is 1150. The average molecular weight is 477 g/mol. The zero-order valence-corrected chi connectivity index (χ0v) is 21.7. The summed E-state index contributed by atoms with van der Waals surface area (Å²) in [6.07, 6.45) is 1.36. The maximum absolute atomic E-state index is 13.7. The highest BCUT2D eigenvalue weighted by Gasteiger charge is 2.45. The second-order valence-electron chi connectivity index (χ2n) is 10.1. The Kier molecular flexibility index (Phi) is 6.93. The van der Waals surface area contributed by atoms with Gasteiger partial charge in [0.05, 0.1) is 19.9 Å². The van der Waals surface area contributed by atoms with Crippen molar-refractivity contribution in [2.45, 2.75) is 52.9 Å². The van der Waals surface area contributed by atoms with Gasteiger partial charge >= 0.3 is 0 Å². The first-order chi connectivity index (χ1) is 16.7. The van der Waals surface area contributed by atoms with Crippen molar-refractivity contribution in [1.82, 2.24) is 0 Å². The standard InChI is InChI=1S/C29H36N2O4/c1-7-30(8-2)20-11-9-19(10-12-20)22-16-27(33)31(23-14-13-21(34-5)15-26(23)35-6)24-17-29(3,4)18-25(32)28(22)24/h9-15,22H,7-8,16-18H2,1-6H3. The van der Waals surface area contributed by atoms with E-state index >= 15 is 0 Å². The van der Waals surface area contributed by atoms with Gasteiger partial charge in [-0.25, -0.2) is 0 Å². The quantitative estimate of drug-likeness (QED) is 0.512. The molecule has 0 saturated heterocycles. The molecule has 2 aromatic carbocycles. The maximum Gasteiger partial charge on any atom is 0.232 e. The van der Waals surface area contributed by atoms with E-state index in [-0.39, 0.29) is 29.4 Å². The third-order valence-electron chi connectivity index (χ3n) is 7.19. The Hall–Kier alpha value is -3.28. The lowest BCUT2D eigenvalue weighted by Crippen LogP contribution is -2.43. The molecule has 2 aromatic rings. The fourth-order valence-corrected chi connectivity index (χ4v) is 5.46. The van der Waals surface area contributed by atoms with E-state index < -0.39 is 0 Å². The molecule has 186 valence electrons. The van der Waals surface area contributed by atoms with E-state index in [9.17, 15) is 9.59 Å². The van der Waals surface area contributed by atoms with Crippen molar-refractivity contribution >= 4 is 23.1 Å². The van der Waals surface area contributed by atoms with Gasteiger partial charge in [-0.1, -0.05) is 26.0 Å². The van der Waals surface area contributed by atoms with Crippen LogP contribution in [0.3, 0.4) is 0 Å². The molecule has 0 fully saturated rings. The number of carbonyl (C=O) groups excluding carboxylic acids is 2. The van der Waals surface area contributed by atoms with Gasteiger partial charge in [0.1, 0.15) is 11.5 Å². The number of rotatable bonds is 7. The molecular weight excluding hydrogens is 440 g/mol. The van der Waals surface area contributed by atoms with E-state index in [1.807, 2.05) is 12.1 Å². The summed E-state index contributed by atoms with van der Waals surface area (Å²) in [4.78, 5) is 31.3. The molecule has 0 radical (unpaired) electrons. The van der Waals surface area contributed by atoms with Gasteiger partial charge in [0.15, 0.2) is 5.78 Å². The molecule has 2 aliphatic rings.